The molecule has 1 heterocycles. The number of rotatable bonds is 1. The Morgan fingerprint density at radius 3 is 2.63 bits per heavy atom. The first-order chi connectivity index (χ1) is 8.90. The zero-order valence-electron chi connectivity index (χ0n) is 12.3. The summed E-state index contributed by atoms with van der Waals surface area (Å²) in [7, 11) is 0. The predicted molar refractivity (Wildman–Crippen MR) is 79.0 cm³/mol. The molecule has 3 unspecified atom stereocenters. The number of carbonyl (C=O) groups is 1. The number of piperidine rings is 1. The van der Waals surface area contributed by atoms with Gasteiger partial charge in [-0.1, -0.05) is 19.9 Å². The fourth-order valence-corrected chi connectivity index (χ4v) is 3.01. The molecule has 19 heavy (non-hydrogen) atoms. The predicted octanol–water partition coefficient (Wildman–Crippen LogP) is 3.08. The third-order valence-electron chi connectivity index (χ3n) is 4.30. The van der Waals surface area contributed by atoms with Crippen molar-refractivity contribution in [2.24, 2.45) is 11.8 Å². The molecule has 3 nitrogen and oxygen atoms in total. The SMILES string of the molecule is Cc1ccc(C(=O)N2CC(C)CC(C)C2C)c(N)c1. The molecule has 1 aliphatic heterocycles. The van der Waals surface area contributed by atoms with E-state index in [2.05, 4.69) is 20.8 Å². The van der Waals surface area contributed by atoms with E-state index in [4.69, 9.17) is 5.73 Å². The summed E-state index contributed by atoms with van der Waals surface area (Å²) in [6.45, 7) is 9.38. The van der Waals surface area contributed by atoms with Crippen LogP contribution in [0.1, 0.15) is 43.1 Å². The Morgan fingerprint density at radius 2 is 2.00 bits per heavy atom. The van der Waals surface area contributed by atoms with Crippen LogP contribution in [0.5, 0.6) is 0 Å². The Balaban J connectivity index is 2.27. The van der Waals surface area contributed by atoms with Gasteiger partial charge in [-0.15, -0.1) is 0 Å². The van der Waals surface area contributed by atoms with Crippen molar-refractivity contribution in [3.8, 4) is 0 Å². The molecule has 1 aliphatic rings. The van der Waals surface area contributed by atoms with Crippen molar-refractivity contribution in [1.29, 1.82) is 0 Å². The summed E-state index contributed by atoms with van der Waals surface area (Å²) in [5.74, 6) is 1.17. The van der Waals surface area contributed by atoms with Gasteiger partial charge >= 0.3 is 0 Å². The highest BCUT2D eigenvalue weighted by molar-refractivity contribution is 5.99. The summed E-state index contributed by atoms with van der Waals surface area (Å²) in [5, 5.41) is 0. The molecule has 0 spiro atoms. The number of nitrogen functional groups attached to an aromatic ring is 1. The smallest absolute Gasteiger partial charge is 0.256 e. The number of hydrogen-bond acceptors (Lipinski definition) is 2. The standard InChI is InChI=1S/C16H24N2O/c1-10-5-6-14(15(17)8-10)16(19)18-9-11(2)7-12(3)13(18)4/h5-6,8,11-13H,7,9,17H2,1-4H3. The van der Waals surface area contributed by atoms with Crippen molar-refractivity contribution in [1.82, 2.24) is 4.90 Å². The number of hydrogen-bond donors (Lipinski definition) is 1. The number of anilines is 1. The van der Waals surface area contributed by atoms with E-state index >= 15 is 0 Å². The van der Waals surface area contributed by atoms with E-state index in [0.717, 1.165) is 12.1 Å². The van der Waals surface area contributed by atoms with Crippen LogP contribution in [-0.2, 0) is 0 Å². The summed E-state index contributed by atoms with van der Waals surface area (Å²) >= 11 is 0. The monoisotopic (exact) mass is 260 g/mol. The van der Waals surface area contributed by atoms with Gasteiger partial charge in [-0.3, -0.25) is 4.79 Å². The van der Waals surface area contributed by atoms with Crippen molar-refractivity contribution in [3.63, 3.8) is 0 Å². The van der Waals surface area contributed by atoms with Crippen LogP contribution in [0.4, 0.5) is 5.69 Å². The molecule has 0 radical (unpaired) electrons. The van der Waals surface area contributed by atoms with Gasteiger partial charge in [0.1, 0.15) is 0 Å². The Bertz CT molecular complexity index is 484. The van der Waals surface area contributed by atoms with Gasteiger partial charge in [-0.25, -0.2) is 0 Å². The molecule has 2 rings (SSSR count). The molecule has 1 aromatic carbocycles. The van der Waals surface area contributed by atoms with Crippen LogP contribution in [0.15, 0.2) is 18.2 Å². The second-order valence-corrected chi connectivity index (χ2v) is 6.11. The zero-order valence-corrected chi connectivity index (χ0v) is 12.3. The van der Waals surface area contributed by atoms with Crippen LogP contribution < -0.4 is 5.73 Å². The summed E-state index contributed by atoms with van der Waals surface area (Å²) in [4.78, 5) is 14.7. The van der Waals surface area contributed by atoms with Crippen LogP contribution in [0.25, 0.3) is 0 Å². The van der Waals surface area contributed by atoms with Gasteiger partial charge < -0.3 is 10.6 Å². The van der Waals surface area contributed by atoms with Crippen LogP contribution in [0.3, 0.4) is 0 Å². The van der Waals surface area contributed by atoms with Crippen LogP contribution >= 0.6 is 0 Å². The first-order valence-corrected chi connectivity index (χ1v) is 7.07. The average Bonchev–Trinajstić information content (AvgIpc) is 2.33. The molecule has 1 aromatic rings. The minimum absolute atomic E-state index is 0.0726. The van der Waals surface area contributed by atoms with E-state index in [0.29, 0.717) is 23.1 Å². The van der Waals surface area contributed by atoms with Crippen molar-refractivity contribution >= 4 is 11.6 Å². The molecule has 0 bridgehead atoms. The van der Waals surface area contributed by atoms with Gasteiger partial charge in [-0.05, 0) is 49.8 Å². The molecule has 104 valence electrons. The van der Waals surface area contributed by atoms with Gasteiger partial charge in [0.2, 0.25) is 0 Å². The zero-order chi connectivity index (χ0) is 14.2. The highest BCUT2D eigenvalue weighted by Gasteiger charge is 2.32. The van der Waals surface area contributed by atoms with E-state index in [9.17, 15) is 4.79 Å². The molecule has 3 heteroatoms. The quantitative estimate of drug-likeness (QED) is 0.789. The number of nitrogens with two attached hydrogens (primary N) is 1. The average molecular weight is 260 g/mol. The first kappa shape index (κ1) is 13.9. The number of likely N-dealkylation sites (tertiary alicyclic amines) is 1. The minimum Gasteiger partial charge on any atom is -0.398 e. The van der Waals surface area contributed by atoms with Gasteiger partial charge in [0, 0.05) is 18.3 Å². The van der Waals surface area contributed by atoms with Crippen molar-refractivity contribution in [2.75, 3.05) is 12.3 Å². The molecule has 3 atom stereocenters. The van der Waals surface area contributed by atoms with E-state index in [1.54, 1.807) is 0 Å². The van der Waals surface area contributed by atoms with Gasteiger partial charge in [0.15, 0.2) is 0 Å². The maximum atomic E-state index is 12.7. The Kier molecular flexibility index (Phi) is 3.83. The number of benzene rings is 1. The molecule has 0 aromatic heterocycles. The number of nitrogens with zero attached hydrogens (tertiary/aromatic N) is 1. The lowest BCUT2D eigenvalue weighted by Gasteiger charge is -2.41. The lowest BCUT2D eigenvalue weighted by molar-refractivity contribution is 0.0457. The molecular formula is C16H24N2O. The Hall–Kier alpha value is -1.51. The second kappa shape index (κ2) is 5.24. The molecule has 1 fully saturated rings. The van der Waals surface area contributed by atoms with Crippen LogP contribution in [0, 0.1) is 18.8 Å². The Morgan fingerprint density at radius 1 is 1.32 bits per heavy atom. The minimum atomic E-state index is 0.0726. The maximum absolute atomic E-state index is 12.7. The van der Waals surface area contributed by atoms with E-state index in [-0.39, 0.29) is 11.9 Å². The van der Waals surface area contributed by atoms with E-state index in [1.807, 2.05) is 30.0 Å². The number of amides is 1. The summed E-state index contributed by atoms with van der Waals surface area (Å²) in [6, 6.07) is 5.95. The van der Waals surface area contributed by atoms with Crippen molar-refractivity contribution in [2.45, 2.75) is 40.2 Å². The summed E-state index contributed by atoms with van der Waals surface area (Å²) in [6.07, 6.45) is 1.19. The first-order valence-electron chi connectivity index (χ1n) is 7.07. The van der Waals surface area contributed by atoms with E-state index < -0.39 is 0 Å². The molecule has 1 saturated heterocycles. The third kappa shape index (κ3) is 2.75. The lowest BCUT2D eigenvalue weighted by atomic mass is 9.85. The fraction of sp³-hybridized carbons (Fsp3) is 0.562. The highest BCUT2D eigenvalue weighted by atomic mass is 16.2. The molecule has 0 aliphatic carbocycles. The highest BCUT2D eigenvalue weighted by Crippen LogP contribution is 2.29. The van der Waals surface area contributed by atoms with Gasteiger partial charge in [0.25, 0.3) is 5.91 Å². The maximum Gasteiger partial charge on any atom is 0.256 e. The summed E-state index contributed by atoms with van der Waals surface area (Å²) < 4.78 is 0. The Labute approximate surface area is 115 Å². The van der Waals surface area contributed by atoms with Crippen LogP contribution in [-0.4, -0.2) is 23.4 Å². The largest absolute Gasteiger partial charge is 0.398 e. The third-order valence-corrected chi connectivity index (χ3v) is 4.30. The van der Waals surface area contributed by atoms with E-state index in [1.165, 1.54) is 6.42 Å². The fourth-order valence-electron chi connectivity index (χ4n) is 3.01. The topological polar surface area (TPSA) is 46.3 Å². The van der Waals surface area contributed by atoms with Crippen LogP contribution in [0.2, 0.25) is 0 Å². The molecule has 1 amide bonds. The van der Waals surface area contributed by atoms with Crippen molar-refractivity contribution in [3.05, 3.63) is 29.3 Å². The summed E-state index contributed by atoms with van der Waals surface area (Å²) in [5.41, 5.74) is 8.31. The van der Waals surface area contributed by atoms with Gasteiger partial charge in [0.05, 0.1) is 5.56 Å². The molecule has 2 N–H and O–H groups in total. The molecular weight excluding hydrogens is 236 g/mol. The number of carbonyl (C=O) groups excluding carboxylic acids is 1. The van der Waals surface area contributed by atoms with Gasteiger partial charge in [-0.2, -0.15) is 0 Å². The molecule has 0 saturated carbocycles. The lowest BCUT2D eigenvalue weighted by Crippen LogP contribution is -2.49. The number of aryl methyl sites for hydroxylation is 1. The normalized spacial score (nSPS) is 27.4. The van der Waals surface area contributed by atoms with Crippen molar-refractivity contribution < 1.29 is 4.79 Å². The second-order valence-electron chi connectivity index (χ2n) is 6.11.